The summed E-state index contributed by atoms with van der Waals surface area (Å²) in [5.41, 5.74) is 0.111. The number of ether oxygens (including phenoxy) is 1. The number of benzene rings is 1. The van der Waals surface area contributed by atoms with Crippen molar-refractivity contribution in [3.05, 3.63) is 28.3 Å². The molecule has 1 saturated heterocycles. The lowest BCUT2D eigenvalue weighted by molar-refractivity contribution is -0.385. The van der Waals surface area contributed by atoms with Gasteiger partial charge in [0, 0.05) is 38.4 Å². The summed E-state index contributed by atoms with van der Waals surface area (Å²) >= 11 is 0. The van der Waals surface area contributed by atoms with Crippen LogP contribution in [0, 0.1) is 10.1 Å². The fourth-order valence-electron chi connectivity index (χ4n) is 2.58. The summed E-state index contributed by atoms with van der Waals surface area (Å²) in [4.78, 5) is 10.3. The molecule has 0 bridgehead atoms. The van der Waals surface area contributed by atoms with Crippen molar-refractivity contribution in [3.8, 4) is 0 Å². The van der Waals surface area contributed by atoms with Crippen LogP contribution in [-0.2, 0) is 14.8 Å². The highest BCUT2D eigenvalue weighted by atomic mass is 32.2. The predicted molar refractivity (Wildman–Crippen MR) is 86.0 cm³/mol. The molecule has 2 rings (SSSR count). The quantitative estimate of drug-likeness (QED) is 0.598. The van der Waals surface area contributed by atoms with Crippen LogP contribution in [0.5, 0.6) is 0 Å². The van der Waals surface area contributed by atoms with Gasteiger partial charge in [0.1, 0.15) is 4.90 Å². The van der Waals surface area contributed by atoms with E-state index in [2.05, 4.69) is 5.32 Å². The molecule has 1 atom stereocenters. The molecule has 1 N–H and O–H groups in total. The zero-order valence-electron chi connectivity index (χ0n) is 13.2. The molecule has 8 nitrogen and oxygen atoms in total. The number of anilines is 1. The van der Waals surface area contributed by atoms with Crippen LogP contribution in [0.2, 0.25) is 0 Å². The van der Waals surface area contributed by atoms with Crippen LogP contribution in [0.15, 0.2) is 23.1 Å². The molecule has 0 radical (unpaired) electrons. The van der Waals surface area contributed by atoms with Crippen molar-refractivity contribution in [1.82, 2.24) is 4.31 Å². The summed E-state index contributed by atoms with van der Waals surface area (Å²) in [5, 5.41) is 14.0. The smallest absolute Gasteiger partial charge is 0.270 e. The number of non-ortho nitro benzene ring substituents is 1. The maximum absolute atomic E-state index is 12.8. The van der Waals surface area contributed by atoms with Gasteiger partial charge in [0.2, 0.25) is 10.0 Å². The highest BCUT2D eigenvalue weighted by Gasteiger charge is 2.31. The van der Waals surface area contributed by atoms with E-state index < -0.39 is 14.9 Å². The number of nitrogens with zero attached hydrogens (tertiary/aromatic N) is 2. The zero-order chi connectivity index (χ0) is 17.0. The van der Waals surface area contributed by atoms with Crippen molar-refractivity contribution in [2.45, 2.75) is 30.7 Å². The average Bonchev–Trinajstić information content (AvgIpc) is 3.02. The lowest BCUT2D eigenvalue weighted by Gasteiger charge is -2.21. The molecule has 0 unspecified atom stereocenters. The van der Waals surface area contributed by atoms with E-state index in [0.29, 0.717) is 25.4 Å². The minimum Gasteiger partial charge on any atom is -0.383 e. The first-order valence-electron chi connectivity index (χ1n) is 7.40. The van der Waals surface area contributed by atoms with Gasteiger partial charge >= 0.3 is 0 Å². The third-order valence-corrected chi connectivity index (χ3v) is 5.62. The first-order chi connectivity index (χ1) is 10.9. The first-order valence-corrected chi connectivity index (χ1v) is 8.84. The molecule has 128 valence electrons. The van der Waals surface area contributed by atoms with E-state index in [1.165, 1.54) is 16.4 Å². The summed E-state index contributed by atoms with van der Waals surface area (Å²) in [6.07, 6.45) is 1.61. The second-order valence-electron chi connectivity index (χ2n) is 5.55. The molecule has 1 heterocycles. The molecule has 0 saturated carbocycles. The normalized spacial score (nSPS) is 17.1. The van der Waals surface area contributed by atoms with Gasteiger partial charge in [-0.1, -0.05) is 0 Å². The van der Waals surface area contributed by atoms with Crippen LogP contribution in [-0.4, -0.2) is 50.5 Å². The number of sulfonamides is 1. The largest absolute Gasteiger partial charge is 0.383 e. The predicted octanol–water partition coefficient (Wildman–Crippen LogP) is 1.83. The first kappa shape index (κ1) is 17.6. The standard InChI is InChI=1S/C14H21N3O5S/c1-11(10-22-2)15-13-6-5-12(17(18)19)9-14(13)23(20,21)16-7-3-4-8-16/h5-6,9,11,15H,3-4,7-8,10H2,1-2H3/t11-/m0/s1. The molecule has 0 aromatic heterocycles. The molecule has 23 heavy (non-hydrogen) atoms. The van der Waals surface area contributed by atoms with E-state index in [1.54, 1.807) is 7.11 Å². The monoisotopic (exact) mass is 343 g/mol. The molecule has 1 aliphatic heterocycles. The SMILES string of the molecule is COC[C@H](C)Nc1ccc([N+](=O)[O-])cc1S(=O)(=O)N1CCCC1. The molecule has 1 aliphatic rings. The van der Waals surface area contributed by atoms with Crippen molar-refractivity contribution in [1.29, 1.82) is 0 Å². The minimum absolute atomic E-state index is 0.0587. The number of rotatable bonds is 7. The maximum Gasteiger partial charge on any atom is 0.270 e. The van der Waals surface area contributed by atoms with Gasteiger partial charge in [0.15, 0.2) is 0 Å². The lowest BCUT2D eigenvalue weighted by atomic mass is 10.2. The molecule has 0 amide bonds. The second-order valence-corrected chi connectivity index (χ2v) is 7.46. The summed E-state index contributed by atoms with van der Waals surface area (Å²) in [6, 6.07) is 3.72. The number of methoxy groups -OCH3 is 1. The Morgan fingerprint density at radius 1 is 1.39 bits per heavy atom. The zero-order valence-corrected chi connectivity index (χ0v) is 14.0. The minimum atomic E-state index is -3.76. The van der Waals surface area contributed by atoms with Crippen LogP contribution in [0.25, 0.3) is 0 Å². The van der Waals surface area contributed by atoms with Crippen molar-refractivity contribution < 1.29 is 18.1 Å². The van der Waals surface area contributed by atoms with Gasteiger partial charge in [-0.3, -0.25) is 10.1 Å². The summed E-state index contributed by atoms with van der Waals surface area (Å²) in [7, 11) is -2.21. The highest BCUT2D eigenvalue weighted by Crippen LogP contribution is 2.31. The molecule has 1 fully saturated rings. The summed E-state index contributed by atoms with van der Waals surface area (Å²) in [5.74, 6) is 0. The van der Waals surface area contributed by atoms with Gasteiger partial charge in [0.05, 0.1) is 17.2 Å². The molecule has 0 spiro atoms. The Kier molecular flexibility index (Phi) is 5.55. The Morgan fingerprint density at radius 2 is 2.04 bits per heavy atom. The Morgan fingerprint density at radius 3 is 2.61 bits per heavy atom. The van der Waals surface area contributed by atoms with Crippen LogP contribution in [0.4, 0.5) is 11.4 Å². The van der Waals surface area contributed by atoms with Gasteiger partial charge in [-0.2, -0.15) is 4.31 Å². The molecule has 1 aromatic rings. The fraction of sp³-hybridized carbons (Fsp3) is 0.571. The number of nitrogens with one attached hydrogen (secondary N) is 1. The Bertz CT molecular complexity index is 671. The number of nitro benzene ring substituents is 1. The molecular weight excluding hydrogens is 322 g/mol. The Hall–Kier alpha value is -1.71. The second kappa shape index (κ2) is 7.24. The topological polar surface area (TPSA) is 102 Å². The Balaban J connectivity index is 2.44. The molecular formula is C14H21N3O5S. The third-order valence-electron chi connectivity index (χ3n) is 3.68. The number of hydrogen-bond acceptors (Lipinski definition) is 6. The van der Waals surface area contributed by atoms with Crippen molar-refractivity contribution in [2.24, 2.45) is 0 Å². The van der Waals surface area contributed by atoms with Gasteiger partial charge in [-0.15, -0.1) is 0 Å². The van der Waals surface area contributed by atoms with E-state index in [0.717, 1.165) is 18.9 Å². The summed E-state index contributed by atoms with van der Waals surface area (Å²) < 4.78 is 32.0. The fourth-order valence-corrected chi connectivity index (χ4v) is 4.27. The van der Waals surface area contributed by atoms with Crippen molar-refractivity contribution in [3.63, 3.8) is 0 Å². The maximum atomic E-state index is 12.8. The summed E-state index contributed by atoms with van der Waals surface area (Å²) in [6.45, 7) is 3.12. The molecule has 1 aromatic carbocycles. The highest BCUT2D eigenvalue weighted by molar-refractivity contribution is 7.89. The van der Waals surface area contributed by atoms with Crippen molar-refractivity contribution >= 4 is 21.4 Å². The van der Waals surface area contributed by atoms with Crippen LogP contribution < -0.4 is 5.32 Å². The van der Waals surface area contributed by atoms with Gasteiger partial charge in [0.25, 0.3) is 5.69 Å². The lowest BCUT2D eigenvalue weighted by Crippen LogP contribution is -2.30. The third kappa shape index (κ3) is 3.98. The van der Waals surface area contributed by atoms with Crippen molar-refractivity contribution in [2.75, 3.05) is 32.1 Å². The van der Waals surface area contributed by atoms with E-state index in [9.17, 15) is 18.5 Å². The van der Waals surface area contributed by atoms with E-state index >= 15 is 0 Å². The molecule has 9 heteroatoms. The van der Waals surface area contributed by atoms with E-state index in [-0.39, 0.29) is 16.6 Å². The van der Waals surface area contributed by atoms with Crippen LogP contribution >= 0.6 is 0 Å². The Labute approximate surface area is 135 Å². The average molecular weight is 343 g/mol. The van der Waals surface area contributed by atoms with Crippen LogP contribution in [0.3, 0.4) is 0 Å². The van der Waals surface area contributed by atoms with Gasteiger partial charge < -0.3 is 10.1 Å². The number of hydrogen-bond donors (Lipinski definition) is 1. The van der Waals surface area contributed by atoms with Gasteiger partial charge in [-0.25, -0.2) is 8.42 Å². The van der Waals surface area contributed by atoms with E-state index in [4.69, 9.17) is 4.74 Å². The van der Waals surface area contributed by atoms with E-state index in [1.807, 2.05) is 6.92 Å². The molecule has 0 aliphatic carbocycles. The number of nitro groups is 1. The van der Waals surface area contributed by atoms with Crippen LogP contribution in [0.1, 0.15) is 19.8 Å². The van der Waals surface area contributed by atoms with Gasteiger partial charge in [-0.05, 0) is 25.8 Å².